The van der Waals surface area contributed by atoms with E-state index in [2.05, 4.69) is 10.6 Å². The monoisotopic (exact) mass is 971 g/mol. The number of nitrogens with zero attached hydrogens (tertiary/aromatic N) is 2. The van der Waals surface area contributed by atoms with Crippen LogP contribution in [0.15, 0.2) is 115 Å². The fourth-order valence-electron chi connectivity index (χ4n) is 11.9. The zero-order valence-electron chi connectivity index (χ0n) is 39.9. The van der Waals surface area contributed by atoms with Gasteiger partial charge in [0.25, 0.3) is 11.8 Å². The van der Waals surface area contributed by atoms with E-state index in [0.717, 1.165) is 23.6 Å². The molecule has 14 N–H and O–H groups in total. The average molecular weight is 972 g/mol. The number of amidine groups is 2. The Balaban J connectivity index is 1.03. The number of fused-ring (bicyclic) bond motifs is 4. The van der Waals surface area contributed by atoms with Gasteiger partial charge < -0.3 is 63.7 Å². The van der Waals surface area contributed by atoms with Crippen molar-refractivity contribution in [2.75, 3.05) is 0 Å². The SMILES string of the molecule is N=C(N)c1ccc2c(c1)C(N)C(C(=O)NC1CCC(N)CC1)[N+]2([O-])Cc1cccc2c(OC(=O)C3c4ccc(C(=N)N)cc4[N+]([O-])(Cc4cccc5ccccc45)C3C(=O)NC3CCC(N)CC3)cccc12. The Bertz CT molecular complexity index is 3150. The van der Waals surface area contributed by atoms with Crippen molar-refractivity contribution < 1.29 is 19.1 Å². The number of nitrogen functional groups attached to an aromatic ring is 2. The molecule has 4 aliphatic rings. The van der Waals surface area contributed by atoms with Gasteiger partial charge in [0.15, 0.2) is 12.1 Å². The van der Waals surface area contributed by atoms with Gasteiger partial charge >= 0.3 is 5.97 Å². The smallest absolute Gasteiger partial charge is 0.325 e. The Morgan fingerprint density at radius 3 is 1.74 bits per heavy atom. The summed E-state index contributed by atoms with van der Waals surface area (Å²) in [5.74, 6) is -3.71. The predicted octanol–water partition coefficient (Wildman–Crippen LogP) is 5.80. The fraction of sp³-hybridized carbons (Fsp3) is 0.327. The van der Waals surface area contributed by atoms with Crippen molar-refractivity contribution >= 4 is 62.4 Å². The molecule has 372 valence electrons. The molecule has 0 saturated heterocycles. The molecule has 2 aliphatic heterocycles. The van der Waals surface area contributed by atoms with E-state index >= 15 is 20.0 Å². The molecule has 2 saturated carbocycles. The third-order valence-electron chi connectivity index (χ3n) is 15.6. The summed E-state index contributed by atoms with van der Waals surface area (Å²) in [6, 6.07) is 28.9. The van der Waals surface area contributed by atoms with Crippen LogP contribution in [0.25, 0.3) is 21.5 Å². The van der Waals surface area contributed by atoms with Gasteiger partial charge in [-0.3, -0.25) is 25.2 Å². The highest BCUT2D eigenvalue weighted by molar-refractivity contribution is 6.02. The highest BCUT2D eigenvalue weighted by Gasteiger charge is 2.57. The largest absolute Gasteiger partial charge is 0.626 e. The lowest BCUT2D eigenvalue weighted by atomic mass is 9.90. The lowest BCUT2D eigenvalue weighted by Crippen LogP contribution is -2.60. The van der Waals surface area contributed by atoms with Crippen molar-refractivity contribution in [2.24, 2.45) is 28.7 Å². The van der Waals surface area contributed by atoms with Gasteiger partial charge in [-0.05, 0) is 85.7 Å². The van der Waals surface area contributed by atoms with E-state index in [1.54, 1.807) is 66.7 Å². The van der Waals surface area contributed by atoms with E-state index in [1.165, 1.54) is 6.07 Å². The number of quaternary nitrogens is 2. The number of esters is 1. The Labute approximate surface area is 417 Å². The standard InChI is InChI=1S/C55H61N11O6/c56-35-16-20-37(21-17-35)63-53(67)49-47(42-24-14-32(52(61)62)27-45(42)66(49,71)28-33-8-3-7-30-6-1-2-10-39(30)33)55(69)72-46-13-5-11-40-34(9-4-12-41(40)46)29-65(70)44-25-15-31(51(59)60)26-43(44)48(58)50(65)54(68)64-38-22-18-36(57)19-23-38/h1-15,24-27,35-38,47-50H,16-23,28-29,56-58H2,(H3,59,60)(H3,61,62)(H,63,67)(H,64,68). The number of amides is 2. The molecule has 2 heterocycles. The first-order valence-electron chi connectivity index (χ1n) is 24.8. The number of nitrogens with one attached hydrogen (secondary N) is 4. The van der Waals surface area contributed by atoms with E-state index in [-0.39, 0.29) is 77.2 Å². The summed E-state index contributed by atoms with van der Waals surface area (Å²) in [6.45, 7) is -0.466. The van der Waals surface area contributed by atoms with Gasteiger partial charge in [0, 0.05) is 75.1 Å². The first-order chi connectivity index (χ1) is 34.5. The molecule has 2 fully saturated rings. The maximum atomic E-state index is 16.2. The Kier molecular flexibility index (Phi) is 12.9. The van der Waals surface area contributed by atoms with Crippen molar-refractivity contribution in [3.63, 3.8) is 0 Å². The van der Waals surface area contributed by atoms with Gasteiger partial charge in [-0.15, -0.1) is 0 Å². The molecule has 2 amide bonds. The number of hydrogen-bond acceptors (Lipinski definition) is 11. The second-order valence-electron chi connectivity index (χ2n) is 20.2. The molecule has 10 rings (SSSR count). The number of hydrogen-bond donors (Lipinski definition) is 9. The zero-order valence-corrected chi connectivity index (χ0v) is 39.9. The van der Waals surface area contributed by atoms with Crippen molar-refractivity contribution in [3.8, 4) is 5.75 Å². The third-order valence-corrected chi connectivity index (χ3v) is 15.6. The van der Waals surface area contributed by atoms with E-state index in [4.69, 9.17) is 44.2 Å². The maximum Gasteiger partial charge on any atom is 0.325 e. The van der Waals surface area contributed by atoms with Gasteiger partial charge in [0.05, 0.1) is 6.04 Å². The maximum absolute atomic E-state index is 16.2. The molecular weight excluding hydrogens is 911 g/mol. The molecule has 6 aromatic rings. The highest BCUT2D eigenvalue weighted by Crippen LogP contribution is 2.50. The molecule has 17 nitrogen and oxygen atoms in total. The number of ether oxygens (including phenoxy) is 1. The number of carbonyl (C=O) groups is 3. The number of hydroxylamine groups is 4. The summed E-state index contributed by atoms with van der Waals surface area (Å²) in [6.07, 6.45) is 5.43. The molecule has 6 unspecified atom stereocenters. The summed E-state index contributed by atoms with van der Waals surface area (Å²) in [4.78, 5) is 44.6. The number of carbonyl (C=O) groups excluding carboxylic acids is 3. The van der Waals surface area contributed by atoms with Gasteiger partial charge in [-0.1, -0.05) is 84.9 Å². The zero-order chi connectivity index (χ0) is 50.6. The second-order valence-corrected chi connectivity index (χ2v) is 20.2. The van der Waals surface area contributed by atoms with E-state index in [0.29, 0.717) is 71.6 Å². The lowest BCUT2D eigenvalue weighted by Gasteiger charge is -2.45. The minimum Gasteiger partial charge on any atom is -0.626 e. The molecule has 72 heavy (non-hydrogen) atoms. The second kappa shape index (κ2) is 19.2. The van der Waals surface area contributed by atoms with Gasteiger partial charge in [-0.2, -0.15) is 0 Å². The summed E-state index contributed by atoms with van der Waals surface area (Å²) in [7, 11) is 0. The van der Waals surface area contributed by atoms with Gasteiger partial charge in [0.1, 0.15) is 47.8 Å². The van der Waals surface area contributed by atoms with Crippen LogP contribution in [0, 0.1) is 21.2 Å². The molecule has 0 radical (unpaired) electrons. The number of benzene rings is 6. The average Bonchev–Trinajstić information content (AvgIpc) is 3.75. The number of nitrogens with two attached hydrogens (primary N) is 5. The topological polar surface area (TPSA) is 308 Å². The third kappa shape index (κ3) is 8.76. The molecular formula is C55H61N11O6. The van der Waals surface area contributed by atoms with Crippen LogP contribution in [0.4, 0.5) is 11.4 Å². The molecule has 6 aromatic carbocycles. The normalized spacial score (nSPS) is 27.7. The Hall–Kier alpha value is -7.09. The van der Waals surface area contributed by atoms with Crippen LogP contribution in [-0.2, 0) is 27.5 Å². The van der Waals surface area contributed by atoms with Crippen molar-refractivity contribution in [1.82, 2.24) is 19.9 Å². The Morgan fingerprint density at radius 1 is 0.569 bits per heavy atom. The van der Waals surface area contributed by atoms with Crippen LogP contribution in [0.2, 0.25) is 0 Å². The van der Waals surface area contributed by atoms with Crippen molar-refractivity contribution in [3.05, 3.63) is 159 Å². The first kappa shape index (κ1) is 48.5. The number of rotatable bonds is 12. The highest BCUT2D eigenvalue weighted by atomic mass is 16.6. The fourth-order valence-corrected chi connectivity index (χ4v) is 11.9. The minimum absolute atomic E-state index is 0.00158. The van der Waals surface area contributed by atoms with Crippen molar-refractivity contribution in [2.45, 2.75) is 113 Å². The summed E-state index contributed by atoms with van der Waals surface area (Å²) < 4.78 is 4.00. The minimum atomic E-state index is -1.56. The molecule has 0 spiro atoms. The Morgan fingerprint density at radius 2 is 1.08 bits per heavy atom. The molecule has 6 atom stereocenters. The summed E-state index contributed by atoms with van der Waals surface area (Å²) in [5.41, 5.74) is 34.1. The molecule has 0 bridgehead atoms. The van der Waals surface area contributed by atoms with Gasteiger partial charge in [0.2, 0.25) is 0 Å². The summed E-state index contributed by atoms with van der Waals surface area (Å²) in [5, 5.41) is 57.4. The van der Waals surface area contributed by atoms with E-state index in [1.807, 2.05) is 42.5 Å². The first-order valence-corrected chi connectivity index (χ1v) is 24.8. The van der Waals surface area contributed by atoms with Crippen LogP contribution in [0.3, 0.4) is 0 Å². The van der Waals surface area contributed by atoms with E-state index in [9.17, 15) is 4.79 Å². The van der Waals surface area contributed by atoms with Crippen LogP contribution >= 0.6 is 0 Å². The lowest BCUT2D eigenvalue weighted by molar-refractivity contribution is -0.140. The molecule has 0 aromatic heterocycles. The van der Waals surface area contributed by atoms with Crippen LogP contribution in [-0.4, -0.2) is 65.7 Å². The van der Waals surface area contributed by atoms with Crippen molar-refractivity contribution in [1.29, 1.82) is 10.8 Å². The summed E-state index contributed by atoms with van der Waals surface area (Å²) >= 11 is 0. The van der Waals surface area contributed by atoms with Crippen LogP contribution in [0.5, 0.6) is 5.75 Å². The quantitative estimate of drug-likeness (QED) is 0.0176. The molecule has 17 heteroatoms. The van der Waals surface area contributed by atoms with Crippen LogP contribution < -0.4 is 53.3 Å². The molecule has 2 aliphatic carbocycles. The van der Waals surface area contributed by atoms with E-state index < -0.39 is 51.1 Å². The van der Waals surface area contributed by atoms with Gasteiger partial charge in [-0.25, -0.2) is 0 Å². The predicted molar refractivity (Wildman–Crippen MR) is 280 cm³/mol. The van der Waals surface area contributed by atoms with Crippen LogP contribution in [0.1, 0.15) is 96.7 Å².